The number of nitrogens with zero attached hydrogens (tertiary/aromatic N) is 5. The van der Waals surface area contributed by atoms with Crippen molar-refractivity contribution in [1.29, 1.82) is 0 Å². The van der Waals surface area contributed by atoms with Gasteiger partial charge < -0.3 is 19.7 Å². The van der Waals surface area contributed by atoms with E-state index in [9.17, 15) is 9.59 Å². The molecule has 1 unspecified atom stereocenters. The Morgan fingerprint density at radius 1 is 1.30 bits per heavy atom. The maximum atomic E-state index is 12.5. The van der Waals surface area contributed by atoms with E-state index in [4.69, 9.17) is 4.74 Å². The predicted octanol–water partition coefficient (Wildman–Crippen LogP) is 2.60. The van der Waals surface area contributed by atoms with E-state index in [2.05, 4.69) is 41.6 Å². The van der Waals surface area contributed by atoms with Crippen molar-refractivity contribution in [2.45, 2.75) is 56.8 Å². The minimum atomic E-state index is -0.363. The minimum Gasteiger partial charge on any atom is -0.469 e. The minimum absolute atomic E-state index is 0.0853. The van der Waals surface area contributed by atoms with E-state index in [1.54, 1.807) is 5.38 Å². The molecule has 180 valence electrons. The quantitative estimate of drug-likeness (QED) is 0.415. The molecule has 4 heterocycles. The highest BCUT2D eigenvalue weighted by Gasteiger charge is 2.26. The van der Waals surface area contributed by atoms with E-state index in [1.807, 2.05) is 0 Å². The molecule has 1 amide bonds. The highest BCUT2D eigenvalue weighted by molar-refractivity contribution is 7.99. The zero-order chi connectivity index (χ0) is 23.2. The van der Waals surface area contributed by atoms with Gasteiger partial charge in [0.25, 0.3) is 0 Å². The van der Waals surface area contributed by atoms with Gasteiger partial charge in [-0.15, -0.1) is 21.5 Å². The van der Waals surface area contributed by atoms with E-state index in [-0.39, 0.29) is 30.2 Å². The number of thioether (sulfide) groups is 1. The first kappa shape index (κ1) is 24.0. The lowest BCUT2D eigenvalue weighted by atomic mass is 10.00. The van der Waals surface area contributed by atoms with Crippen molar-refractivity contribution in [2.75, 3.05) is 42.8 Å². The molecule has 10 nitrogen and oxygen atoms in total. The van der Waals surface area contributed by atoms with Crippen LogP contribution in [0.15, 0.2) is 10.5 Å². The summed E-state index contributed by atoms with van der Waals surface area (Å²) in [4.78, 5) is 30.5. The first-order valence-corrected chi connectivity index (χ1v) is 13.1. The molecule has 2 aliphatic rings. The Morgan fingerprint density at radius 3 is 2.85 bits per heavy atom. The Labute approximate surface area is 201 Å². The first-order valence-electron chi connectivity index (χ1n) is 11.3. The van der Waals surface area contributed by atoms with E-state index in [1.165, 1.54) is 30.2 Å². The molecular weight excluding hydrogens is 464 g/mol. The molecule has 0 radical (unpaired) electrons. The molecular formula is C21H30N6O4S2. The number of esters is 1. The first-order chi connectivity index (χ1) is 16.0. The largest absolute Gasteiger partial charge is 0.469 e. The monoisotopic (exact) mass is 494 g/mol. The van der Waals surface area contributed by atoms with Crippen LogP contribution in [-0.4, -0.2) is 70.3 Å². The van der Waals surface area contributed by atoms with Crippen molar-refractivity contribution in [3.63, 3.8) is 0 Å². The fourth-order valence-corrected chi connectivity index (χ4v) is 5.40. The van der Waals surface area contributed by atoms with Gasteiger partial charge in [-0.1, -0.05) is 18.7 Å². The average molecular weight is 495 g/mol. The number of carbonyl (C=O) groups excluding carboxylic acids is 2. The summed E-state index contributed by atoms with van der Waals surface area (Å²) in [7, 11) is 1.34. The summed E-state index contributed by atoms with van der Waals surface area (Å²) >= 11 is 2.65. The van der Waals surface area contributed by atoms with Crippen LogP contribution in [0.5, 0.6) is 0 Å². The number of hydrogen-bond donors (Lipinski definition) is 1. The molecule has 33 heavy (non-hydrogen) atoms. The van der Waals surface area contributed by atoms with E-state index < -0.39 is 0 Å². The molecule has 0 saturated carbocycles. The smallest absolute Gasteiger partial charge is 0.311 e. The van der Waals surface area contributed by atoms with Gasteiger partial charge in [-0.3, -0.25) is 14.2 Å². The van der Waals surface area contributed by atoms with Crippen LogP contribution < -0.4 is 10.2 Å². The zero-order valence-corrected chi connectivity index (χ0v) is 20.6. The summed E-state index contributed by atoms with van der Waals surface area (Å²) < 4.78 is 12.6. The lowest BCUT2D eigenvalue weighted by Gasteiger charge is -2.31. The predicted molar refractivity (Wildman–Crippen MR) is 127 cm³/mol. The summed E-state index contributed by atoms with van der Waals surface area (Å²) in [5.74, 6) is 1.24. The number of ether oxygens (including phenoxy) is 2. The van der Waals surface area contributed by atoms with Crippen LogP contribution in [0.3, 0.4) is 0 Å². The average Bonchev–Trinajstić information content (AvgIpc) is 3.56. The molecule has 2 saturated heterocycles. The summed E-state index contributed by atoms with van der Waals surface area (Å²) in [6.07, 6.45) is 4.62. The van der Waals surface area contributed by atoms with Gasteiger partial charge in [-0.25, -0.2) is 4.98 Å². The van der Waals surface area contributed by atoms with Crippen LogP contribution in [0.25, 0.3) is 0 Å². The van der Waals surface area contributed by atoms with Gasteiger partial charge in [-0.2, -0.15) is 0 Å². The standard InChI is InChI=1S/C21H30N6O4S2/c1-14-5-7-26(8-6-14)20-24-25-21(27(20)11-16-4-3-9-31-16)33-13-17(28)23-19-22-15(12-32-19)10-18(29)30-2/h12,14,16H,3-11,13H2,1-2H3,(H,22,23,28). The Hall–Kier alpha value is -2.18. The Kier molecular flexibility index (Phi) is 8.20. The number of methoxy groups -OCH3 is 1. The summed E-state index contributed by atoms with van der Waals surface area (Å²) in [5.41, 5.74) is 0.576. The van der Waals surface area contributed by atoms with Gasteiger partial charge in [0.15, 0.2) is 10.3 Å². The zero-order valence-electron chi connectivity index (χ0n) is 19.0. The second-order valence-electron chi connectivity index (χ2n) is 8.43. The topological polar surface area (TPSA) is 111 Å². The number of piperidine rings is 1. The highest BCUT2D eigenvalue weighted by Crippen LogP contribution is 2.28. The lowest BCUT2D eigenvalue weighted by molar-refractivity contribution is -0.139. The SMILES string of the molecule is COC(=O)Cc1csc(NC(=O)CSc2nnc(N3CCC(C)CC3)n2CC2CCCO2)n1. The third-order valence-electron chi connectivity index (χ3n) is 5.86. The number of thiazole rings is 1. The van der Waals surface area contributed by atoms with Crippen LogP contribution in [0.4, 0.5) is 11.1 Å². The van der Waals surface area contributed by atoms with Crippen LogP contribution >= 0.6 is 23.1 Å². The number of rotatable bonds is 9. The van der Waals surface area contributed by atoms with Crippen molar-refractivity contribution in [3.8, 4) is 0 Å². The molecule has 0 spiro atoms. The molecule has 2 aromatic rings. The van der Waals surface area contributed by atoms with Gasteiger partial charge in [0.1, 0.15) is 0 Å². The summed E-state index contributed by atoms with van der Waals surface area (Å²) in [6.45, 7) is 5.71. The molecule has 0 aromatic carbocycles. The number of carbonyl (C=O) groups is 2. The molecule has 1 N–H and O–H groups in total. The van der Waals surface area contributed by atoms with E-state index >= 15 is 0 Å². The lowest BCUT2D eigenvalue weighted by Crippen LogP contribution is -2.35. The molecule has 2 fully saturated rings. The Morgan fingerprint density at radius 2 is 2.12 bits per heavy atom. The summed E-state index contributed by atoms with van der Waals surface area (Å²) in [5, 5.41) is 14.6. The van der Waals surface area contributed by atoms with Gasteiger partial charge in [-0.05, 0) is 31.6 Å². The number of nitrogens with one attached hydrogen (secondary N) is 1. The van der Waals surface area contributed by atoms with Gasteiger partial charge >= 0.3 is 5.97 Å². The number of hydrogen-bond acceptors (Lipinski definition) is 10. The van der Waals surface area contributed by atoms with Crippen molar-refractivity contribution < 1.29 is 19.1 Å². The third-order valence-corrected chi connectivity index (χ3v) is 7.63. The number of anilines is 2. The molecule has 12 heteroatoms. The molecule has 1 atom stereocenters. The maximum absolute atomic E-state index is 12.5. The molecule has 0 bridgehead atoms. The van der Waals surface area contributed by atoms with Crippen molar-refractivity contribution in [1.82, 2.24) is 19.7 Å². The fourth-order valence-electron chi connectivity index (χ4n) is 3.93. The van der Waals surface area contributed by atoms with Crippen molar-refractivity contribution in [3.05, 3.63) is 11.1 Å². The second kappa shape index (κ2) is 11.3. The Bertz CT molecular complexity index is 950. The van der Waals surface area contributed by atoms with Crippen LogP contribution in [0.1, 0.15) is 38.3 Å². The van der Waals surface area contributed by atoms with Crippen LogP contribution in [0, 0.1) is 5.92 Å². The second-order valence-corrected chi connectivity index (χ2v) is 10.2. The number of amides is 1. The fraction of sp³-hybridized carbons (Fsp3) is 0.667. The van der Waals surface area contributed by atoms with Gasteiger partial charge in [0, 0.05) is 25.1 Å². The van der Waals surface area contributed by atoms with Crippen molar-refractivity contribution in [2.24, 2.45) is 5.92 Å². The van der Waals surface area contributed by atoms with Crippen LogP contribution in [-0.2, 0) is 32.0 Å². The third kappa shape index (κ3) is 6.45. The summed E-state index contributed by atoms with van der Waals surface area (Å²) in [6, 6.07) is 0. The van der Waals surface area contributed by atoms with E-state index in [0.29, 0.717) is 17.4 Å². The van der Waals surface area contributed by atoms with E-state index in [0.717, 1.165) is 62.4 Å². The molecule has 4 rings (SSSR count). The van der Waals surface area contributed by atoms with Gasteiger partial charge in [0.2, 0.25) is 11.9 Å². The maximum Gasteiger partial charge on any atom is 0.311 e. The highest BCUT2D eigenvalue weighted by atomic mass is 32.2. The molecule has 0 aliphatic carbocycles. The molecule has 2 aromatic heterocycles. The number of aromatic nitrogens is 4. The van der Waals surface area contributed by atoms with Crippen LogP contribution in [0.2, 0.25) is 0 Å². The Balaban J connectivity index is 1.38. The van der Waals surface area contributed by atoms with Gasteiger partial charge in [0.05, 0.1) is 37.6 Å². The van der Waals surface area contributed by atoms with Crippen molar-refractivity contribution >= 4 is 46.1 Å². The molecule has 2 aliphatic heterocycles. The normalized spacial score (nSPS) is 19.1.